The van der Waals surface area contributed by atoms with Crippen LogP contribution in [0.25, 0.3) is 0 Å². The van der Waals surface area contributed by atoms with E-state index in [0.29, 0.717) is 13.2 Å². The number of nitrogens with one attached hydrogen (secondary N) is 1. The Balaban J connectivity index is 1.84. The van der Waals surface area contributed by atoms with E-state index in [1.54, 1.807) is 4.90 Å². The molecule has 2 aromatic rings. The maximum atomic E-state index is 12.2. The minimum absolute atomic E-state index is 0.0344. The van der Waals surface area contributed by atoms with Crippen LogP contribution < -0.4 is 10.1 Å². The topological polar surface area (TPSA) is 41.6 Å². The number of nitrogens with zero attached hydrogens (tertiary/aromatic N) is 1. The number of benzene rings is 2. The number of ether oxygens (including phenoxy) is 1. The van der Waals surface area contributed by atoms with Crippen molar-refractivity contribution in [1.82, 2.24) is 4.90 Å². The lowest BCUT2D eigenvalue weighted by Crippen LogP contribution is -2.31. The third kappa shape index (κ3) is 5.80. The van der Waals surface area contributed by atoms with E-state index in [9.17, 15) is 4.79 Å². The minimum atomic E-state index is 0.0344. The smallest absolute Gasteiger partial charge is 0.241 e. The van der Waals surface area contributed by atoms with Gasteiger partial charge in [0.15, 0.2) is 0 Å². The lowest BCUT2D eigenvalue weighted by atomic mass is 10.2. The molecule has 0 spiro atoms. The Bertz CT molecular complexity index is 683. The predicted molar refractivity (Wildman–Crippen MR) is 98.2 cm³/mol. The average molecular weight is 324 g/mol. The molecule has 0 unspecified atom stereocenters. The van der Waals surface area contributed by atoms with Crippen LogP contribution in [0.2, 0.25) is 0 Å². The van der Waals surface area contributed by atoms with Crippen LogP contribution in [0.3, 0.4) is 0 Å². The van der Waals surface area contributed by atoms with Crippen molar-refractivity contribution in [1.29, 1.82) is 0 Å². The monoisotopic (exact) mass is 324 g/mol. The second-order valence-corrected chi connectivity index (χ2v) is 5.86. The second kappa shape index (κ2) is 8.77. The second-order valence-electron chi connectivity index (χ2n) is 5.86. The van der Waals surface area contributed by atoms with Crippen LogP contribution in [0.15, 0.2) is 66.7 Å². The zero-order valence-corrected chi connectivity index (χ0v) is 14.3. The Morgan fingerprint density at radius 2 is 1.92 bits per heavy atom. The summed E-state index contributed by atoms with van der Waals surface area (Å²) in [7, 11) is 1.81. The summed E-state index contributed by atoms with van der Waals surface area (Å²) < 4.78 is 5.61. The fourth-order valence-electron chi connectivity index (χ4n) is 2.16. The molecule has 0 aliphatic rings. The standard InChI is InChI=1S/C20H24N2O2/c1-16(2)15-24-19-11-7-10-18(12-19)21-13-20(23)22(3)14-17-8-5-4-6-9-17/h4-12,21H,1,13-15H2,2-3H3. The normalized spacial score (nSPS) is 10.1. The molecule has 0 fully saturated rings. The van der Waals surface area contributed by atoms with E-state index >= 15 is 0 Å². The Morgan fingerprint density at radius 1 is 1.17 bits per heavy atom. The molecule has 126 valence electrons. The van der Waals surface area contributed by atoms with Gasteiger partial charge in [0.1, 0.15) is 12.4 Å². The first-order valence-electron chi connectivity index (χ1n) is 7.93. The van der Waals surface area contributed by atoms with Gasteiger partial charge in [-0.15, -0.1) is 0 Å². The molecule has 0 aliphatic heterocycles. The van der Waals surface area contributed by atoms with Crippen molar-refractivity contribution >= 4 is 11.6 Å². The highest BCUT2D eigenvalue weighted by Crippen LogP contribution is 2.17. The van der Waals surface area contributed by atoms with Crippen LogP contribution in [-0.4, -0.2) is 31.0 Å². The summed E-state index contributed by atoms with van der Waals surface area (Å²) in [6, 6.07) is 17.5. The van der Waals surface area contributed by atoms with E-state index < -0.39 is 0 Å². The fraction of sp³-hybridized carbons (Fsp3) is 0.250. The number of amides is 1. The first-order chi connectivity index (χ1) is 11.5. The number of rotatable bonds is 8. The molecule has 0 aromatic heterocycles. The van der Waals surface area contributed by atoms with Gasteiger partial charge in [-0.25, -0.2) is 0 Å². The van der Waals surface area contributed by atoms with E-state index in [1.165, 1.54) is 0 Å². The summed E-state index contributed by atoms with van der Waals surface area (Å²) in [5.41, 5.74) is 2.94. The summed E-state index contributed by atoms with van der Waals surface area (Å²) in [5.74, 6) is 0.792. The van der Waals surface area contributed by atoms with Gasteiger partial charge in [0.2, 0.25) is 5.91 Å². The van der Waals surface area contributed by atoms with Gasteiger partial charge in [0, 0.05) is 25.3 Å². The van der Waals surface area contributed by atoms with Gasteiger partial charge >= 0.3 is 0 Å². The molecule has 0 radical (unpaired) electrons. The molecule has 0 heterocycles. The van der Waals surface area contributed by atoms with Crippen molar-refractivity contribution in [3.8, 4) is 5.75 Å². The first kappa shape index (κ1) is 17.6. The van der Waals surface area contributed by atoms with Gasteiger partial charge in [-0.2, -0.15) is 0 Å². The third-order valence-electron chi connectivity index (χ3n) is 3.45. The molecule has 0 aliphatic carbocycles. The molecule has 0 saturated carbocycles. The van der Waals surface area contributed by atoms with E-state index in [2.05, 4.69) is 11.9 Å². The van der Waals surface area contributed by atoms with Crippen LogP contribution in [0.1, 0.15) is 12.5 Å². The van der Waals surface area contributed by atoms with Gasteiger partial charge in [-0.1, -0.05) is 43.0 Å². The average Bonchev–Trinajstić information content (AvgIpc) is 2.59. The Morgan fingerprint density at radius 3 is 2.62 bits per heavy atom. The molecule has 0 atom stereocenters. The molecule has 1 amide bonds. The molecule has 4 nitrogen and oxygen atoms in total. The highest BCUT2D eigenvalue weighted by Gasteiger charge is 2.09. The van der Waals surface area contributed by atoms with Gasteiger partial charge in [-0.05, 0) is 30.2 Å². The lowest BCUT2D eigenvalue weighted by molar-refractivity contribution is -0.128. The van der Waals surface area contributed by atoms with Crippen LogP contribution >= 0.6 is 0 Å². The summed E-state index contributed by atoms with van der Waals surface area (Å²) in [5, 5.41) is 3.15. The molecular weight excluding hydrogens is 300 g/mol. The molecule has 24 heavy (non-hydrogen) atoms. The maximum Gasteiger partial charge on any atom is 0.241 e. The SMILES string of the molecule is C=C(C)COc1cccc(NCC(=O)N(C)Cc2ccccc2)c1. The molecule has 4 heteroatoms. The summed E-state index contributed by atoms with van der Waals surface area (Å²) >= 11 is 0. The first-order valence-corrected chi connectivity index (χ1v) is 7.93. The molecule has 1 N–H and O–H groups in total. The van der Waals surface area contributed by atoms with E-state index in [-0.39, 0.29) is 12.5 Å². The van der Waals surface area contributed by atoms with Crippen LogP contribution in [-0.2, 0) is 11.3 Å². The van der Waals surface area contributed by atoms with Crippen molar-refractivity contribution in [2.24, 2.45) is 0 Å². The fourth-order valence-corrected chi connectivity index (χ4v) is 2.16. The third-order valence-corrected chi connectivity index (χ3v) is 3.45. The van der Waals surface area contributed by atoms with Crippen molar-refractivity contribution in [3.63, 3.8) is 0 Å². The number of carbonyl (C=O) groups is 1. The zero-order valence-electron chi connectivity index (χ0n) is 14.3. The summed E-state index contributed by atoms with van der Waals surface area (Å²) in [6.45, 7) is 7.07. The summed E-state index contributed by atoms with van der Waals surface area (Å²) in [4.78, 5) is 14.0. The Kier molecular flexibility index (Phi) is 6.43. The van der Waals surface area contributed by atoms with Gasteiger partial charge in [0.05, 0.1) is 6.54 Å². The van der Waals surface area contributed by atoms with Crippen molar-refractivity contribution in [3.05, 3.63) is 72.3 Å². The van der Waals surface area contributed by atoms with Crippen LogP contribution in [0.4, 0.5) is 5.69 Å². The maximum absolute atomic E-state index is 12.2. The molecule has 2 rings (SSSR count). The lowest BCUT2D eigenvalue weighted by Gasteiger charge is -2.18. The highest BCUT2D eigenvalue weighted by molar-refractivity contribution is 5.80. The van der Waals surface area contributed by atoms with Crippen LogP contribution in [0, 0.1) is 0 Å². The quantitative estimate of drug-likeness (QED) is 0.753. The van der Waals surface area contributed by atoms with Gasteiger partial charge < -0.3 is 15.0 Å². The van der Waals surface area contributed by atoms with Gasteiger partial charge in [-0.3, -0.25) is 4.79 Å². The highest BCUT2D eigenvalue weighted by atomic mass is 16.5. The Labute approximate surface area is 143 Å². The molecule has 2 aromatic carbocycles. The van der Waals surface area contributed by atoms with Gasteiger partial charge in [0.25, 0.3) is 0 Å². The van der Waals surface area contributed by atoms with E-state index in [4.69, 9.17) is 4.74 Å². The number of carbonyl (C=O) groups excluding carboxylic acids is 1. The molecule has 0 bridgehead atoms. The van der Waals surface area contributed by atoms with Crippen molar-refractivity contribution < 1.29 is 9.53 Å². The van der Waals surface area contributed by atoms with E-state index in [1.807, 2.05) is 68.6 Å². The molecular formula is C20H24N2O2. The molecule has 0 saturated heterocycles. The van der Waals surface area contributed by atoms with Crippen molar-refractivity contribution in [2.45, 2.75) is 13.5 Å². The van der Waals surface area contributed by atoms with E-state index in [0.717, 1.165) is 22.6 Å². The van der Waals surface area contributed by atoms with Crippen LogP contribution in [0.5, 0.6) is 5.75 Å². The number of hydrogen-bond donors (Lipinski definition) is 1. The largest absolute Gasteiger partial charge is 0.489 e. The predicted octanol–water partition coefficient (Wildman–Crippen LogP) is 3.71. The number of hydrogen-bond acceptors (Lipinski definition) is 3. The number of anilines is 1. The number of likely N-dealkylation sites (N-methyl/N-ethyl adjacent to an activating group) is 1. The summed E-state index contributed by atoms with van der Waals surface area (Å²) in [6.07, 6.45) is 0. The minimum Gasteiger partial charge on any atom is -0.489 e. The van der Waals surface area contributed by atoms with Crippen molar-refractivity contribution in [2.75, 3.05) is 25.5 Å². The Hall–Kier alpha value is -2.75. The zero-order chi connectivity index (χ0) is 17.4.